The molecule has 0 spiro atoms. The number of rotatable bonds is 1. The molecular formula is CH5B2IS. The number of halogens is 1. The van der Waals surface area contributed by atoms with Gasteiger partial charge in [0.1, 0.15) is 7.74 Å². The number of hydrogen-bond donors (Lipinski definition) is 0. The Morgan fingerprint density at radius 2 is 2.20 bits per heavy atom. The lowest BCUT2D eigenvalue weighted by atomic mass is 9.78. The van der Waals surface area contributed by atoms with Crippen molar-refractivity contribution in [3.05, 3.63) is 0 Å². The summed E-state index contributed by atoms with van der Waals surface area (Å²) in [5.41, 5.74) is 0. The van der Waals surface area contributed by atoms with Crippen LogP contribution >= 0.6 is 34.0 Å². The molecule has 0 heterocycles. The van der Waals surface area contributed by atoms with Gasteiger partial charge in [0.2, 0.25) is 3.74 Å². The van der Waals surface area contributed by atoms with Gasteiger partial charge in [-0.15, -0.1) is 22.4 Å². The fourth-order valence-corrected chi connectivity index (χ4v) is 0. The summed E-state index contributed by atoms with van der Waals surface area (Å²) in [6, 6.07) is 0. The molecule has 0 aromatic heterocycles. The molecule has 28 valence electrons. The van der Waals surface area contributed by atoms with E-state index >= 15 is 0 Å². The Labute approximate surface area is 51.7 Å². The molecular weight excluding hydrogens is 193 g/mol. The van der Waals surface area contributed by atoms with Crippen molar-refractivity contribution in [2.24, 2.45) is 0 Å². The van der Waals surface area contributed by atoms with E-state index in [1.54, 1.807) is 0 Å². The van der Waals surface area contributed by atoms with Crippen LogP contribution in [0.25, 0.3) is 0 Å². The van der Waals surface area contributed by atoms with Crippen LogP contribution in [-0.4, -0.2) is 17.7 Å². The Kier molecular flexibility index (Phi) is 4.22. The first-order valence-electron chi connectivity index (χ1n) is 1.44. The van der Waals surface area contributed by atoms with Crippen molar-refractivity contribution in [1.82, 2.24) is 0 Å². The highest BCUT2D eigenvalue weighted by molar-refractivity contribution is 14.1. The first kappa shape index (κ1) is 6.21. The molecule has 0 fully saturated rings. The monoisotopic (exact) mass is 198 g/mol. The molecule has 0 aliphatic carbocycles. The molecule has 0 bridgehead atoms. The maximum absolute atomic E-state index is 2.37. The standard InChI is InChI=1S/CH5B2IS/c1-5-3(2)4/h2H2,1H3. The molecule has 4 heteroatoms. The summed E-state index contributed by atoms with van der Waals surface area (Å²) < 4.78 is 0.771. The second-order valence-electron chi connectivity index (χ2n) is 0.779. The maximum atomic E-state index is 2.37. The van der Waals surface area contributed by atoms with Gasteiger partial charge in [-0.2, -0.15) is 0 Å². The molecule has 0 aromatic carbocycles. The van der Waals surface area contributed by atoms with Crippen molar-refractivity contribution in [3.8, 4) is 0 Å². The minimum Gasteiger partial charge on any atom is -0.209 e. The lowest BCUT2D eigenvalue weighted by molar-refractivity contribution is 2.54. The minimum absolute atomic E-state index is 0.771. The second kappa shape index (κ2) is 3.40. The SMILES string of the molecule is BB(I)SC. The summed E-state index contributed by atoms with van der Waals surface area (Å²) in [5, 5.41) is 0. The van der Waals surface area contributed by atoms with E-state index < -0.39 is 0 Å². The predicted octanol–water partition coefficient (Wildman–Crippen LogP) is 0.402. The average Bonchev–Trinajstić information content (AvgIpc) is 1.38. The van der Waals surface area contributed by atoms with Crippen LogP contribution in [0.3, 0.4) is 0 Å². The van der Waals surface area contributed by atoms with Crippen molar-refractivity contribution >= 4 is 45.5 Å². The van der Waals surface area contributed by atoms with Crippen molar-refractivity contribution < 1.29 is 0 Å². The zero-order chi connectivity index (χ0) is 4.28. The van der Waals surface area contributed by atoms with Gasteiger partial charge in [-0.3, -0.25) is 0 Å². The molecule has 0 radical (unpaired) electrons. The summed E-state index contributed by atoms with van der Waals surface area (Å²) in [5.74, 6) is 0. The number of hydrogen-bond acceptors (Lipinski definition) is 1. The van der Waals surface area contributed by atoms with Crippen LogP contribution in [0.4, 0.5) is 0 Å². The molecule has 0 saturated carbocycles. The smallest absolute Gasteiger partial charge is 0.209 e. The average molecular weight is 198 g/mol. The Morgan fingerprint density at radius 3 is 2.20 bits per heavy atom. The summed E-state index contributed by atoms with van der Waals surface area (Å²) >= 11 is 4.24. The fourth-order valence-electron chi connectivity index (χ4n) is 0. The molecule has 0 nitrogen and oxygen atoms in total. The van der Waals surface area contributed by atoms with Crippen LogP contribution < -0.4 is 0 Å². The molecule has 0 rings (SSSR count). The third kappa shape index (κ3) is 5.21. The van der Waals surface area contributed by atoms with Gasteiger partial charge >= 0.3 is 0 Å². The van der Waals surface area contributed by atoms with Crippen molar-refractivity contribution in [2.75, 3.05) is 6.26 Å². The fraction of sp³-hybridized carbons (Fsp3) is 1.00. The lowest BCUT2D eigenvalue weighted by Crippen LogP contribution is -1.90. The van der Waals surface area contributed by atoms with Gasteiger partial charge in [0.15, 0.2) is 0 Å². The van der Waals surface area contributed by atoms with Crippen molar-refractivity contribution in [1.29, 1.82) is 0 Å². The van der Waals surface area contributed by atoms with Gasteiger partial charge in [0.05, 0.1) is 0 Å². The normalized spacial score (nSPS) is 7.60. The van der Waals surface area contributed by atoms with E-state index in [-0.39, 0.29) is 0 Å². The predicted molar refractivity (Wildman–Crippen MR) is 41.8 cm³/mol. The Bertz CT molecular complexity index is 23.6. The van der Waals surface area contributed by atoms with Gasteiger partial charge in [0, 0.05) is 0 Å². The van der Waals surface area contributed by atoms with Crippen LogP contribution in [0, 0.1) is 0 Å². The van der Waals surface area contributed by atoms with E-state index in [1.165, 1.54) is 0 Å². The Balaban J connectivity index is 2.54. The summed E-state index contributed by atoms with van der Waals surface area (Å²) in [6.45, 7) is 0. The van der Waals surface area contributed by atoms with Gasteiger partial charge in [-0.05, 0) is 6.26 Å². The highest BCUT2D eigenvalue weighted by Crippen LogP contribution is 2.02. The Morgan fingerprint density at radius 1 is 2.00 bits per heavy atom. The zero-order valence-corrected chi connectivity index (χ0v) is 6.34. The molecule has 0 saturated heterocycles. The van der Waals surface area contributed by atoms with Crippen LogP contribution in [0.5, 0.6) is 0 Å². The first-order valence-corrected chi connectivity index (χ1v) is 3.97. The summed E-state index contributed by atoms with van der Waals surface area (Å²) in [7, 11) is 2.17. The molecule has 0 unspecified atom stereocenters. The van der Waals surface area contributed by atoms with Crippen LogP contribution in [0.2, 0.25) is 0 Å². The highest BCUT2D eigenvalue weighted by atomic mass is 127. The zero-order valence-electron chi connectivity index (χ0n) is 3.36. The molecule has 0 N–H and O–H groups in total. The topological polar surface area (TPSA) is 0 Å². The molecule has 0 amide bonds. The van der Waals surface area contributed by atoms with Gasteiger partial charge in [-0.1, -0.05) is 0 Å². The summed E-state index contributed by atoms with van der Waals surface area (Å²) in [6.07, 6.45) is 2.11. The first-order chi connectivity index (χ1) is 2.27. The molecule has 0 aromatic rings. The van der Waals surface area contributed by atoms with Crippen molar-refractivity contribution in [3.63, 3.8) is 0 Å². The van der Waals surface area contributed by atoms with E-state index in [9.17, 15) is 0 Å². The molecule has 5 heavy (non-hydrogen) atoms. The van der Waals surface area contributed by atoms with E-state index in [1.807, 2.05) is 11.6 Å². The second-order valence-corrected chi connectivity index (χ2v) is 4.67. The largest absolute Gasteiger partial charge is 0.239 e. The van der Waals surface area contributed by atoms with E-state index in [2.05, 4.69) is 36.4 Å². The van der Waals surface area contributed by atoms with Gasteiger partial charge < -0.3 is 0 Å². The van der Waals surface area contributed by atoms with Gasteiger partial charge in [-0.25, -0.2) is 11.6 Å². The lowest BCUT2D eigenvalue weighted by Gasteiger charge is -1.82. The maximum Gasteiger partial charge on any atom is 0.239 e. The van der Waals surface area contributed by atoms with Crippen LogP contribution in [0.1, 0.15) is 0 Å². The van der Waals surface area contributed by atoms with Crippen LogP contribution in [0.15, 0.2) is 0 Å². The Hall–Kier alpha value is 1.21. The van der Waals surface area contributed by atoms with E-state index in [0.29, 0.717) is 0 Å². The highest BCUT2D eigenvalue weighted by Gasteiger charge is 1.91. The molecule has 0 atom stereocenters. The minimum atomic E-state index is 0.771. The molecule has 0 aliphatic rings. The van der Waals surface area contributed by atoms with Gasteiger partial charge in [0.25, 0.3) is 0 Å². The van der Waals surface area contributed by atoms with E-state index in [0.717, 1.165) is 3.74 Å². The third-order valence-electron chi connectivity index (χ3n) is 0.325. The van der Waals surface area contributed by atoms with Crippen molar-refractivity contribution in [2.45, 2.75) is 0 Å². The van der Waals surface area contributed by atoms with E-state index in [4.69, 9.17) is 0 Å². The quantitative estimate of drug-likeness (QED) is 0.433. The summed E-state index contributed by atoms with van der Waals surface area (Å²) in [4.78, 5) is 0. The third-order valence-corrected chi connectivity index (χ3v) is 2.50. The molecule has 0 aliphatic heterocycles. The van der Waals surface area contributed by atoms with Crippen LogP contribution in [-0.2, 0) is 0 Å².